The molecule has 3 nitrogen and oxygen atoms in total. The highest BCUT2D eigenvalue weighted by molar-refractivity contribution is 4.72. The minimum atomic E-state index is -0.491. The predicted octanol–water partition coefficient (Wildman–Crippen LogP) is 3.01. The third kappa shape index (κ3) is 15.9. The summed E-state index contributed by atoms with van der Waals surface area (Å²) in [6.45, 7) is 13.1. The second-order valence-electron chi connectivity index (χ2n) is 5.45. The molecule has 0 radical (unpaired) electrons. The smallest absolute Gasteiger partial charge is 0.0781 e. The van der Waals surface area contributed by atoms with Gasteiger partial charge in [0.15, 0.2) is 0 Å². The SMILES string of the molecule is C1CO1.CC1CO1.CCCCC(C)C(C)(C)O. The molecule has 104 valence electrons. The number of ether oxygens (including phenoxy) is 2. The molecule has 2 aliphatic rings. The Hall–Kier alpha value is -0.120. The van der Waals surface area contributed by atoms with E-state index in [2.05, 4.69) is 25.5 Å². The van der Waals surface area contributed by atoms with Gasteiger partial charge in [0.1, 0.15) is 0 Å². The molecule has 0 amide bonds. The third-order valence-corrected chi connectivity index (χ3v) is 2.90. The van der Waals surface area contributed by atoms with E-state index in [0.717, 1.165) is 26.2 Å². The van der Waals surface area contributed by atoms with E-state index in [1.807, 2.05) is 13.8 Å². The van der Waals surface area contributed by atoms with E-state index in [1.54, 1.807) is 0 Å². The van der Waals surface area contributed by atoms with Crippen molar-refractivity contribution >= 4 is 0 Å². The van der Waals surface area contributed by atoms with E-state index in [-0.39, 0.29) is 0 Å². The third-order valence-electron chi connectivity index (χ3n) is 2.90. The fourth-order valence-corrected chi connectivity index (χ4v) is 0.960. The molecule has 3 heteroatoms. The summed E-state index contributed by atoms with van der Waals surface area (Å²) in [5.74, 6) is 0.424. The first-order chi connectivity index (χ1) is 7.88. The Morgan fingerprint density at radius 1 is 1.35 bits per heavy atom. The van der Waals surface area contributed by atoms with Crippen molar-refractivity contribution in [2.24, 2.45) is 5.92 Å². The second-order valence-corrected chi connectivity index (χ2v) is 5.45. The molecule has 1 N–H and O–H groups in total. The fraction of sp³-hybridized carbons (Fsp3) is 1.00. The summed E-state index contributed by atoms with van der Waals surface area (Å²) in [5.41, 5.74) is -0.491. The van der Waals surface area contributed by atoms with Gasteiger partial charge in [-0.25, -0.2) is 0 Å². The van der Waals surface area contributed by atoms with E-state index in [0.29, 0.717) is 12.0 Å². The molecular weight excluding hydrogens is 216 g/mol. The molecule has 2 aliphatic heterocycles. The van der Waals surface area contributed by atoms with E-state index in [9.17, 15) is 5.11 Å². The first-order valence-electron chi connectivity index (χ1n) is 6.79. The maximum Gasteiger partial charge on any atom is 0.0781 e. The average molecular weight is 246 g/mol. The van der Waals surface area contributed by atoms with Crippen LogP contribution in [0.15, 0.2) is 0 Å². The van der Waals surface area contributed by atoms with Gasteiger partial charge in [-0.1, -0.05) is 26.7 Å². The summed E-state index contributed by atoms with van der Waals surface area (Å²) in [6.07, 6.45) is 4.17. The van der Waals surface area contributed by atoms with Crippen molar-refractivity contribution in [2.75, 3.05) is 19.8 Å². The summed E-state index contributed by atoms with van der Waals surface area (Å²) < 4.78 is 9.21. The number of rotatable bonds is 4. The average Bonchev–Trinajstić information content (AvgIpc) is 3.05. The van der Waals surface area contributed by atoms with Crippen LogP contribution in [0.2, 0.25) is 0 Å². The van der Waals surface area contributed by atoms with Gasteiger partial charge >= 0.3 is 0 Å². The lowest BCUT2D eigenvalue weighted by Gasteiger charge is -2.25. The molecule has 2 unspecified atom stereocenters. The fourth-order valence-electron chi connectivity index (χ4n) is 0.960. The molecule has 2 atom stereocenters. The van der Waals surface area contributed by atoms with Crippen LogP contribution >= 0.6 is 0 Å². The monoisotopic (exact) mass is 246 g/mol. The van der Waals surface area contributed by atoms with Crippen LogP contribution in [0.4, 0.5) is 0 Å². The standard InChI is InChI=1S/C9H20O.C3H6O.C2H4O/c1-5-6-7-8(2)9(3,4)10;1-3-2-4-3;1-2-3-1/h8,10H,5-7H2,1-4H3;3H,2H2,1H3;1-2H2. The number of unbranched alkanes of at least 4 members (excludes halogenated alkanes) is 1. The van der Waals surface area contributed by atoms with Crippen molar-refractivity contribution in [1.29, 1.82) is 0 Å². The molecule has 2 heterocycles. The highest BCUT2D eigenvalue weighted by atomic mass is 16.6. The summed E-state index contributed by atoms with van der Waals surface area (Å²) in [6, 6.07) is 0. The zero-order valence-corrected chi connectivity index (χ0v) is 12.2. The molecule has 17 heavy (non-hydrogen) atoms. The molecule has 0 spiro atoms. The lowest BCUT2D eigenvalue weighted by molar-refractivity contribution is 0.0205. The van der Waals surface area contributed by atoms with Crippen LogP contribution in [0.25, 0.3) is 0 Å². The number of aliphatic hydroxyl groups is 1. The summed E-state index contributed by atoms with van der Waals surface area (Å²) in [7, 11) is 0. The Kier molecular flexibility index (Phi) is 8.83. The molecule has 0 aromatic heterocycles. The van der Waals surface area contributed by atoms with Gasteiger partial charge in [0.05, 0.1) is 31.5 Å². The first kappa shape index (κ1) is 16.9. The van der Waals surface area contributed by atoms with Gasteiger partial charge in [-0.05, 0) is 33.1 Å². The lowest BCUT2D eigenvalue weighted by Crippen LogP contribution is -2.28. The van der Waals surface area contributed by atoms with E-state index in [1.165, 1.54) is 12.8 Å². The highest BCUT2D eigenvalue weighted by Gasteiger charge is 2.20. The van der Waals surface area contributed by atoms with Crippen molar-refractivity contribution in [3.8, 4) is 0 Å². The zero-order valence-electron chi connectivity index (χ0n) is 12.2. The Labute approximate surface area is 107 Å². The number of hydrogen-bond acceptors (Lipinski definition) is 3. The van der Waals surface area contributed by atoms with Gasteiger partial charge in [-0.2, -0.15) is 0 Å². The minimum absolute atomic E-state index is 0.424. The molecule has 2 rings (SSSR count). The Morgan fingerprint density at radius 2 is 1.76 bits per heavy atom. The Morgan fingerprint density at radius 3 is 1.94 bits per heavy atom. The molecule has 2 saturated heterocycles. The van der Waals surface area contributed by atoms with Crippen molar-refractivity contribution in [3.05, 3.63) is 0 Å². The van der Waals surface area contributed by atoms with Crippen LogP contribution in [0.5, 0.6) is 0 Å². The van der Waals surface area contributed by atoms with Gasteiger partial charge in [-0.15, -0.1) is 0 Å². The van der Waals surface area contributed by atoms with Gasteiger partial charge in [0.2, 0.25) is 0 Å². The topological polar surface area (TPSA) is 45.3 Å². The zero-order chi connectivity index (χ0) is 13.3. The normalized spacial score (nSPS) is 22.6. The van der Waals surface area contributed by atoms with Crippen LogP contribution < -0.4 is 0 Å². The van der Waals surface area contributed by atoms with Gasteiger partial charge in [0, 0.05) is 0 Å². The lowest BCUT2D eigenvalue weighted by atomic mass is 9.89. The van der Waals surface area contributed by atoms with E-state index in [4.69, 9.17) is 4.74 Å². The summed E-state index contributed by atoms with van der Waals surface area (Å²) >= 11 is 0. The minimum Gasteiger partial charge on any atom is -0.390 e. The Balaban J connectivity index is 0.000000289. The van der Waals surface area contributed by atoms with Crippen molar-refractivity contribution in [2.45, 2.75) is 65.6 Å². The van der Waals surface area contributed by atoms with Crippen LogP contribution in [0.1, 0.15) is 53.9 Å². The van der Waals surface area contributed by atoms with Crippen LogP contribution in [0.3, 0.4) is 0 Å². The molecule has 0 aromatic rings. The van der Waals surface area contributed by atoms with Crippen molar-refractivity contribution in [1.82, 2.24) is 0 Å². The van der Waals surface area contributed by atoms with E-state index >= 15 is 0 Å². The largest absolute Gasteiger partial charge is 0.390 e. The van der Waals surface area contributed by atoms with Gasteiger partial charge < -0.3 is 14.6 Å². The van der Waals surface area contributed by atoms with Crippen molar-refractivity contribution in [3.63, 3.8) is 0 Å². The highest BCUT2D eigenvalue weighted by Crippen LogP contribution is 2.20. The summed E-state index contributed by atoms with van der Waals surface area (Å²) in [4.78, 5) is 0. The van der Waals surface area contributed by atoms with Crippen LogP contribution in [-0.4, -0.2) is 36.6 Å². The van der Waals surface area contributed by atoms with Gasteiger partial charge in [-0.3, -0.25) is 0 Å². The van der Waals surface area contributed by atoms with Gasteiger partial charge in [0.25, 0.3) is 0 Å². The molecule has 2 fully saturated rings. The maximum absolute atomic E-state index is 9.51. The molecular formula is C14H30O3. The molecule has 0 aromatic carbocycles. The summed E-state index contributed by atoms with van der Waals surface area (Å²) in [5, 5.41) is 9.51. The number of hydrogen-bond donors (Lipinski definition) is 1. The quantitative estimate of drug-likeness (QED) is 0.776. The van der Waals surface area contributed by atoms with E-state index < -0.39 is 5.60 Å². The predicted molar refractivity (Wildman–Crippen MR) is 71.2 cm³/mol. The van der Waals surface area contributed by atoms with Crippen LogP contribution in [0, 0.1) is 5.92 Å². The van der Waals surface area contributed by atoms with Crippen LogP contribution in [-0.2, 0) is 9.47 Å². The molecule has 0 aliphatic carbocycles. The van der Waals surface area contributed by atoms with Crippen molar-refractivity contribution < 1.29 is 14.6 Å². The maximum atomic E-state index is 9.51. The Bertz CT molecular complexity index is 166. The first-order valence-corrected chi connectivity index (χ1v) is 6.79. The molecule has 0 saturated carbocycles. The number of epoxide rings is 2. The second kappa shape index (κ2) is 8.90. The molecule has 0 bridgehead atoms.